The predicted molar refractivity (Wildman–Crippen MR) is 183 cm³/mol. The summed E-state index contributed by atoms with van der Waals surface area (Å²) in [5, 5.41) is 0. The Morgan fingerprint density at radius 3 is 1.85 bits per heavy atom. The van der Waals surface area contributed by atoms with Crippen LogP contribution in [0.15, 0.2) is 120 Å². The van der Waals surface area contributed by atoms with Crippen LogP contribution in [0, 0.1) is 11.8 Å². The first-order valence-electron chi connectivity index (χ1n) is 15.3. The minimum Gasteiger partial charge on any atom is -0.497 e. The number of nitrogens with zero attached hydrogens (tertiary/aromatic N) is 1. The van der Waals surface area contributed by atoms with E-state index in [-0.39, 0.29) is 23.8 Å². The maximum Gasteiger partial charge on any atom is 0.338 e. The Kier molecular flexibility index (Phi) is 11.9. The highest BCUT2D eigenvalue weighted by Gasteiger charge is 2.41. The highest BCUT2D eigenvalue weighted by molar-refractivity contribution is 9.10. The first-order valence-corrected chi connectivity index (χ1v) is 16.1. The summed E-state index contributed by atoms with van der Waals surface area (Å²) in [4.78, 5) is 15.8. The molecule has 1 aliphatic carbocycles. The van der Waals surface area contributed by atoms with Crippen molar-refractivity contribution in [3.63, 3.8) is 0 Å². The van der Waals surface area contributed by atoms with E-state index < -0.39 is 6.10 Å². The number of hydrogen-bond donors (Lipinski definition) is 0. The van der Waals surface area contributed by atoms with E-state index in [1.165, 1.54) is 0 Å². The normalized spacial score (nSPS) is 19.0. The van der Waals surface area contributed by atoms with Gasteiger partial charge in [0.1, 0.15) is 17.6 Å². The van der Waals surface area contributed by atoms with Gasteiger partial charge in [0.05, 0.1) is 52.3 Å². The molecule has 0 saturated carbocycles. The second-order valence-corrected chi connectivity index (χ2v) is 12.2. The lowest BCUT2D eigenvalue weighted by atomic mass is 9.79. The molecule has 0 spiro atoms. The van der Waals surface area contributed by atoms with Gasteiger partial charge in [-0.25, -0.2) is 4.79 Å². The van der Waals surface area contributed by atoms with E-state index in [1.54, 1.807) is 26.4 Å². The number of rotatable bonds is 14. The highest BCUT2D eigenvalue weighted by Crippen LogP contribution is 2.34. The van der Waals surface area contributed by atoms with Gasteiger partial charge in [-0.05, 0) is 71.8 Å². The summed E-state index contributed by atoms with van der Waals surface area (Å²) in [6.07, 6.45) is 3.80. The molecule has 7 nitrogen and oxygen atoms in total. The molecule has 0 bridgehead atoms. The Morgan fingerprint density at radius 2 is 1.28 bits per heavy atom. The summed E-state index contributed by atoms with van der Waals surface area (Å²) < 4.78 is 30.5. The Morgan fingerprint density at radius 1 is 0.717 bits per heavy atom. The summed E-state index contributed by atoms with van der Waals surface area (Å²) >= 11 is 3.46. The summed E-state index contributed by atoms with van der Waals surface area (Å²) in [7, 11) is 5.33. The molecule has 0 amide bonds. The first-order chi connectivity index (χ1) is 22.4. The summed E-state index contributed by atoms with van der Waals surface area (Å²) in [5.41, 5.74) is 3.59. The van der Waals surface area contributed by atoms with Gasteiger partial charge in [-0.15, -0.1) is 0 Å². The lowest BCUT2D eigenvalue weighted by molar-refractivity contribution is -0.0455. The van der Waals surface area contributed by atoms with Gasteiger partial charge in [0.2, 0.25) is 0 Å². The quantitative estimate of drug-likeness (QED) is 0.0994. The van der Waals surface area contributed by atoms with E-state index in [0.717, 1.165) is 32.8 Å². The minimum atomic E-state index is -0.517. The molecule has 0 aliphatic heterocycles. The van der Waals surface area contributed by atoms with Crippen molar-refractivity contribution in [3.05, 3.63) is 136 Å². The number of carbonyl (C=O) groups is 1. The zero-order valence-electron chi connectivity index (χ0n) is 26.4. The molecule has 5 rings (SSSR count). The number of halogens is 1. The molecule has 0 N–H and O–H groups in total. The lowest BCUT2D eigenvalue weighted by Gasteiger charge is -2.43. The number of likely N-dealkylation sites (N-methyl/N-ethyl adjacent to an activating group) is 1. The van der Waals surface area contributed by atoms with Crippen molar-refractivity contribution in [3.8, 4) is 11.5 Å². The first kappa shape index (κ1) is 33.3. The fraction of sp³-hybridized carbons (Fsp3) is 0.289. The third kappa shape index (κ3) is 8.78. The fourth-order valence-electron chi connectivity index (χ4n) is 5.59. The van der Waals surface area contributed by atoms with E-state index in [0.29, 0.717) is 32.0 Å². The van der Waals surface area contributed by atoms with E-state index in [1.807, 2.05) is 85.9 Å². The minimum absolute atomic E-state index is 0.0581. The third-order valence-corrected chi connectivity index (χ3v) is 8.80. The number of benzene rings is 4. The average molecular weight is 687 g/mol. The number of ether oxygens (including phenoxy) is 5. The van der Waals surface area contributed by atoms with Crippen molar-refractivity contribution in [1.29, 1.82) is 0 Å². The average Bonchev–Trinajstić information content (AvgIpc) is 3.10. The molecule has 0 saturated heterocycles. The van der Waals surface area contributed by atoms with Crippen LogP contribution in [0.1, 0.15) is 21.5 Å². The number of carbonyl (C=O) groups excluding carboxylic acids is 1. The van der Waals surface area contributed by atoms with Crippen molar-refractivity contribution in [2.75, 3.05) is 39.4 Å². The monoisotopic (exact) mass is 685 g/mol. The molecule has 8 heteroatoms. The molecule has 0 radical (unpaired) electrons. The van der Waals surface area contributed by atoms with Gasteiger partial charge in [-0.1, -0.05) is 70.5 Å². The molecule has 0 unspecified atom stereocenters. The molecule has 1 aliphatic rings. The van der Waals surface area contributed by atoms with Crippen LogP contribution in [0.3, 0.4) is 0 Å². The van der Waals surface area contributed by atoms with Crippen LogP contribution in [0.4, 0.5) is 5.69 Å². The second-order valence-electron chi connectivity index (χ2n) is 11.3. The maximum absolute atomic E-state index is 13.6. The van der Waals surface area contributed by atoms with Crippen molar-refractivity contribution < 1.29 is 28.5 Å². The predicted octanol–water partition coefficient (Wildman–Crippen LogP) is 7.73. The Balaban J connectivity index is 1.40. The van der Waals surface area contributed by atoms with E-state index in [4.69, 9.17) is 23.7 Å². The number of hydrogen-bond acceptors (Lipinski definition) is 7. The van der Waals surface area contributed by atoms with Gasteiger partial charge < -0.3 is 28.6 Å². The van der Waals surface area contributed by atoms with Crippen LogP contribution in [-0.2, 0) is 27.4 Å². The van der Waals surface area contributed by atoms with Crippen molar-refractivity contribution in [2.24, 2.45) is 11.8 Å². The topological polar surface area (TPSA) is 66.5 Å². The van der Waals surface area contributed by atoms with Gasteiger partial charge in [-0.3, -0.25) is 0 Å². The van der Waals surface area contributed by atoms with Gasteiger partial charge in [0, 0.05) is 29.0 Å². The van der Waals surface area contributed by atoms with Crippen molar-refractivity contribution >= 4 is 27.6 Å². The molecule has 240 valence electrons. The Labute approximate surface area is 279 Å². The standard InChI is InChI=1S/C38H40BrNO6/c1-40(32-7-5-4-6-8-32)36-22-15-30(25-44-23-27-9-18-33(42-2)19-10-27)35(26-45-24-28-11-20-34(43-3)21-12-28)37(36)46-38(41)29-13-16-31(39)17-14-29/h4-22,30,35-37H,23-26H2,1-3H3/t30-,35+,36+,37+/m0/s1. The molecule has 0 fully saturated rings. The number of para-hydroxylation sites is 1. The van der Waals surface area contributed by atoms with Crippen LogP contribution in [0.2, 0.25) is 0 Å². The summed E-state index contributed by atoms with van der Waals surface area (Å²) in [6, 6.07) is 32.8. The van der Waals surface area contributed by atoms with Crippen LogP contribution in [-0.4, -0.2) is 52.6 Å². The largest absolute Gasteiger partial charge is 0.497 e. The van der Waals surface area contributed by atoms with E-state index >= 15 is 0 Å². The second kappa shape index (κ2) is 16.5. The molecule has 0 aromatic heterocycles. The summed E-state index contributed by atoms with van der Waals surface area (Å²) in [6.45, 7) is 1.66. The molecule has 46 heavy (non-hydrogen) atoms. The van der Waals surface area contributed by atoms with Crippen LogP contribution in [0.25, 0.3) is 0 Å². The zero-order chi connectivity index (χ0) is 32.3. The van der Waals surface area contributed by atoms with Crippen molar-refractivity contribution in [1.82, 2.24) is 0 Å². The van der Waals surface area contributed by atoms with Gasteiger partial charge in [-0.2, -0.15) is 0 Å². The maximum atomic E-state index is 13.6. The molecular weight excluding hydrogens is 646 g/mol. The number of esters is 1. The molecular formula is C38H40BrNO6. The molecule has 4 aromatic carbocycles. The SMILES string of the molecule is COc1ccc(COC[C@H]2[C@@H](OC(=O)c3ccc(Br)cc3)[C@H](N(C)c3ccccc3)C=C[C@H]2COCc2ccc(OC)cc2)cc1. The highest BCUT2D eigenvalue weighted by atomic mass is 79.9. The Hall–Kier alpha value is -4.11. The Bertz CT molecular complexity index is 1540. The smallest absolute Gasteiger partial charge is 0.338 e. The van der Waals surface area contributed by atoms with E-state index in [2.05, 4.69) is 45.1 Å². The molecule has 4 atom stereocenters. The van der Waals surface area contributed by atoms with Gasteiger partial charge >= 0.3 is 5.97 Å². The number of methoxy groups -OCH3 is 2. The molecule has 0 heterocycles. The zero-order valence-corrected chi connectivity index (χ0v) is 28.0. The number of anilines is 1. The van der Waals surface area contributed by atoms with E-state index in [9.17, 15) is 4.79 Å². The van der Waals surface area contributed by atoms with Gasteiger partial charge in [0.15, 0.2) is 0 Å². The lowest BCUT2D eigenvalue weighted by Crippen LogP contribution is -2.52. The summed E-state index contributed by atoms with van der Waals surface area (Å²) in [5.74, 6) is 0.975. The fourth-order valence-corrected chi connectivity index (χ4v) is 5.86. The van der Waals surface area contributed by atoms with Crippen LogP contribution >= 0.6 is 15.9 Å². The van der Waals surface area contributed by atoms with Gasteiger partial charge in [0.25, 0.3) is 0 Å². The van der Waals surface area contributed by atoms with Crippen molar-refractivity contribution in [2.45, 2.75) is 25.4 Å². The molecule has 4 aromatic rings. The van der Waals surface area contributed by atoms with Crippen LogP contribution in [0.5, 0.6) is 11.5 Å². The van der Waals surface area contributed by atoms with Crippen LogP contribution < -0.4 is 14.4 Å². The third-order valence-electron chi connectivity index (χ3n) is 8.27.